The number of fused-ring (bicyclic) bond motifs is 2. The first-order valence-corrected chi connectivity index (χ1v) is 16.4. The maximum atomic E-state index is 13.2. The van der Waals surface area contributed by atoms with E-state index in [2.05, 4.69) is 62.2 Å². The van der Waals surface area contributed by atoms with Gasteiger partial charge < -0.3 is 9.97 Å². The fourth-order valence-corrected chi connectivity index (χ4v) is 6.10. The van der Waals surface area contributed by atoms with E-state index in [9.17, 15) is 9.59 Å². The number of hydrogen-bond acceptors (Lipinski definition) is 4. The number of nitrogens with one attached hydrogen (secondary N) is 4. The molecule has 2 aromatic heterocycles. The number of amides is 2. The minimum absolute atomic E-state index is 0.214. The second-order valence-electron chi connectivity index (χ2n) is 12.6. The molecular weight excluding hydrogens is 621 g/mol. The van der Waals surface area contributed by atoms with Crippen LogP contribution in [0.4, 0.5) is 0 Å². The largest absolute Gasteiger partial charge is 0.361 e. The number of rotatable bonds is 9. The van der Waals surface area contributed by atoms with Gasteiger partial charge in [0.2, 0.25) is 0 Å². The van der Waals surface area contributed by atoms with Gasteiger partial charge in [-0.3, -0.25) is 9.59 Å². The molecule has 7 aromatic rings. The molecule has 8 nitrogen and oxygen atoms in total. The summed E-state index contributed by atoms with van der Waals surface area (Å²) in [6.45, 7) is 6.11. The number of H-pyrrole nitrogens is 2. The fraction of sp³-hybridized carbons (Fsp3) is 0.0952. The fourth-order valence-electron chi connectivity index (χ4n) is 6.10. The third-order valence-corrected chi connectivity index (χ3v) is 8.90. The van der Waals surface area contributed by atoms with Crippen LogP contribution in [0.5, 0.6) is 0 Å². The summed E-state index contributed by atoms with van der Waals surface area (Å²) in [7, 11) is 0. The Bertz CT molecular complexity index is 2230. The number of carbonyl (C=O) groups is 2. The van der Waals surface area contributed by atoms with Gasteiger partial charge in [0, 0.05) is 51.2 Å². The number of hydrazone groups is 2. The maximum Gasteiger partial charge on any atom is 0.271 e. The molecule has 0 aliphatic heterocycles. The van der Waals surface area contributed by atoms with Gasteiger partial charge in [-0.15, -0.1) is 0 Å². The first-order chi connectivity index (χ1) is 24.3. The van der Waals surface area contributed by atoms with Crippen molar-refractivity contribution in [2.45, 2.75) is 26.7 Å². The summed E-state index contributed by atoms with van der Waals surface area (Å²) in [5.41, 5.74) is 16.5. The molecule has 4 N–H and O–H groups in total. The average molecular weight is 657 g/mol. The lowest BCUT2D eigenvalue weighted by atomic mass is 9.84. The van der Waals surface area contributed by atoms with Gasteiger partial charge in [-0.2, -0.15) is 10.2 Å². The molecule has 246 valence electrons. The van der Waals surface area contributed by atoms with Crippen molar-refractivity contribution in [3.8, 4) is 0 Å². The smallest absolute Gasteiger partial charge is 0.271 e. The van der Waals surface area contributed by atoms with Crippen molar-refractivity contribution in [1.82, 2.24) is 20.8 Å². The van der Waals surface area contributed by atoms with E-state index in [4.69, 9.17) is 0 Å². The molecule has 0 saturated carbocycles. The van der Waals surface area contributed by atoms with Gasteiger partial charge in [0.15, 0.2) is 0 Å². The predicted molar refractivity (Wildman–Crippen MR) is 201 cm³/mol. The molecule has 50 heavy (non-hydrogen) atoms. The van der Waals surface area contributed by atoms with Gasteiger partial charge in [-0.05, 0) is 85.0 Å². The maximum absolute atomic E-state index is 13.2. The van der Waals surface area contributed by atoms with Crippen LogP contribution in [0.3, 0.4) is 0 Å². The highest BCUT2D eigenvalue weighted by Gasteiger charge is 2.24. The second kappa shape index (κ2) is 13.9. The van der Waals surface area contributed by atoms with Crippen LogP contribution in [0, 0.1) is 20.8 Å². The molecule has 7 rings (SSSR count). The van der Waals surface area contributed by atoms with Crippen molar-refractivity contribution in [2.24, 2.45) is 10.2 Å². The number of carbonyl (C=O) groups excluding carboxylic acids is 2. The minimum atomic E-state index is -0.304. The van der Waals surface area contributed by atoms with Gasteiger partial charge in [0.25, 0.3) is 11.8 Å². The Morgan fingerprint density at radius 1 is 0.560 bits per heavy atom. The van der Waals surface area contributed by atoms with E-state index in [1.54, 1.807) is 24.6 Å². The highest BCUT2D eigenvalue weighted by atomic mass is 16.2. The minimum Gasteiger partial charge on any atom is -0.361 e. The molecule has 2 amide bonds. The number of aromatic nitrogens is 2. The standard InChI is InChI=1S/C42H36N6O2/c1-26-4-10-29(11-5-26)22-45-47-41(49)32-16-18-38-34(20-32)36(24-43-38)40(31-14-8-28(3)9-15-31)37-25-44-39-19-17-33(21-35(37)39)42(50)48-46-23-30-12-6-27(2)7-13-30/h4-25,40,43-44H,1-3H3,(H,47,49)(H,48,50)/b45-22+,46-23+. The number of aromatic amines is 2. The van der Waals surface area contributed by atoms with E-state index < -0.39 is 0 Å². The summed E-state index contributed by atoms with van der Waals surface area (Å²) in [5.74, 6) is -0.821. The van der Waals surface area contributed by atoms with Crippen LogP contribution in [0.1, 0.15) is 71.1 Å². The van der Waals surface area contributed by atoms with E-state index in [-0.39, 0.29) is 17.7 Å². The van der Waals surface area contributed by atoms with Crippen LogP contribution in [-0.2, 0) is 0 Å². The molecule has 0 saturated heterocycles. The number of hydrogen-bond donors (Lipinski definition) is 4. The van der Waals surface area contributed by atoms with Crippen molar-refractivity contribution in [1.29, 1.82) is 0 Å². The van der Waals surface area contributed by atoms with Gasteiger partial charge in [0.05, 0.1) is 12.4 Å². The van der Waals surface area contributed by atoms with Gasteiger partial charge in [0.1, 0.15) is 0 Å². The van der Waals surface area contributed by atoms with E-state index >= 15 is 0 Å². The molecule has 0 aliphatic rings. The third-order valence-electron chi connectivity index (χ3n) is 8.90. The molecule has 5 aromatic carbocycles. The molecule has 2 heterocycles. The summed E-state index contributed by atoms with van der Waals surface area (Å²) in [6.07, 6.45) is 7.27. The van der Waals surface area contributed by atoms with Gasteiger partial charge >= 0.3 is 0 Å². The van der Waals surface area contributed by atoms with Gasteiger partial charge in [-0.25, -0.2) is 10.9 Å². The number of benzene rings is 5. The average Bonchev–Trinajstić information content (AvgIpc) is 3.75. The second-order valence-corrected chi connectivity index (χ2v) is 12.6. The molecule has 0 unspecified atom stereocenters. The van der Waals surface area contributed by atoms with Crippen LogP contribution in [0.2, 0.25) is 0 Å². The quantitative estimate of drug-likeness (QED) is 0.0925. The molecule has 0 bridgehead atoms. The zero-order valence-electron chi connectivity index (χ0n) is 28.0. The van der Waals surface area contributed by atoms with Crippen LogP contribution >= 0.6 is 0 Å². The van der Waals surface area contributed by atoms with Crippen molar-refractivity contribution in [2.75, 3.05) is 0 Å². The topological polar surface area (TPSA) is 114 Å². The summed E-state index contributed by atoms with van der Waals surface area (Å²) < 4.78 is 0. The number of nitrogens with zero attached hydrogens (tertiary/aromatic N) is 2. The Balaban J connectivity index is 1.22. The van der Waals surface area contributed by atoms with E-state index in [0.717, 1.165) is 66.3 Å². The molecule has 8 heteroatoms. The Morgan fingerprint density at radius 3 is 1.38 bits per heavy atom. The zero-order chi connectivity index (χ0) is 34.6. The Morgan fingerprint density at radius 2 is 0.960 bits per heavy atom. The van der Waals surface area contributed by atoms with Crippen molar-refractivity contribution in [3.05, 3.63) is 177 Å². The van der Waals surface area contributed by atoms with Crippen LogP contribution in [0.25, 0.3) is 21.8 Å². The SMILES string of the molecule is Cc1ccc(/C=N/NC(=O)c2ccc3[nH]cc(C(c4ccc(C)cc4)c4c[nH]c5ccc(C(=O)N/N=C/c6ccc(C)cc6)cc45)c3c2)cc1. The van der Waals surface area contributed by atoms with E-state index in [0.29, 0.717) is 11.1 Å². The lowest BCUT2D eigenvalue weighted by Crippen LogP contribution is -2.17. The monoisotopic (exact) mass is 656 g/mol. The zero-order valence-corrected chi connectivity index (χ0v) is 28.0. The first-order valence-electron chi connectivity index (χ1n) is 16.4. The predicted octanol–water partition coefficient (Wildman–Crippen LogP) is 8.28. The first kappa shape index (κ1) is 32.0. The van der Waals surface area contributed by atoms with Gasteiger partial charge in [-0.1, -0.05) is 89.5 Å². The molecular formula is C42H36N6O2. The molecule has 0 atom stereocenters. The molecule has 0 aliphatic carbocycles. The highest BCUT2D eigenvalue weighted by Crippen LogP contribution is 2.40. The van der Waals surface area contributed by atoms with Crippen LogP contribution in [-0.4, -0.2) is 34.2 Å². The van der Waals surface area contributed by atoms with Crippen LogP contribution < -0.4 is 10.9 Å². The summed E-state index contributed by atoms with van der Waals surface area (Å²) in [5, 5.41) is 10.2. The lowest BCUT2D eigenvalue weighted by Gasteiger charge is -2.18. The third kappa shape index (κ3) is 6.86. The molecule has 0 spiro atoms. The lowest BCUT2D eigenvalue weighted by molar-refractivity contribution is 0.0947. The Hall–Kier alpha value is -6.54. The normalized spacial score (nSPS) is 11.7. The van der Waals surface area contributed by atoms with E-state index in [1.807, 2.05) is 99.0 Å². The Kier molecular flexibility index (Phi) is 8.90. The van der Waals surface area contributed by atoms with Crippen molar-refractivity contribution in [3.63, 3.8) is 0 Å². The summed E-state index contributed by atoms with van der Waals surface area (Å²) >= 11 is 0. The molecule has 0 fully saturated rings. The molecule has 0 radical (unpaired) electrons. The van der Waals surface area contributed by atoms with Crippen molar-refractivity contribution >= 4 is 46.0 Å². The highest BCUT2D eigenvalue weighted by molar-refractivity contribution is 6.01. The van der Waals surface area contributed by atoms with E-state index in [1.165, 1.54) is 0 Å². The Labute approximate surface area is 290 Å². The van der Waals surface area contributed by atoms with Crippen molar-refractivity contribution < 1.29 is 9.59 Å². The summed E-state index contributed by atoms with van der Waals surface area (Å²) in [4.78, 5) is 33.3. The number of aryl methyl sites for hydroxylation is 3. The summed E-state index contributed by atoms with van der Waals surface area (Å²) in [6, 6.07) is 35.5. The van der Waals surface area contributed by atoms with Crippen LogP contribution in [0.15, 0.2) is 132 Å².